The number of hydrogen-bond donors (Lipinski definition) is 2. The summed E-state index contributed by atoms with van der Waals surface area (Å²) in [6, 6.07) is 8.80. The van der Waals surface area contributed by atoms with E-state index < -0.39 is 5.60 Å². The third-order valence-corrected chi connectivity index (χ3v) is 5.88. The Morgan fingerprint density at radius 3 is 2.75 bits per heavy atom. The summed E-state index contributed by atoms with van der Waals surface area (Å²) in [6.45, 7) is 6.86. The average molecular weight is 310 g/mol. The zero-order valence-corrected chi connectivity index (χ0v) is 14.2. The summed E-state index contributed by atoms with van der Waals surface area (Å²) < 4.78 is 1.34. The van der Waals surface area contributed by atoms with Crippen molar-refractivity contribution in [2.75, 3.05) is 18.6 Å². The van der Waals surface area contributed by atoms with Crippen molar-refractivity contribution in [3.63, 3.8) is 0 Å². The third-order valence-electron chi connectivity index (χ3n) is 3.52. The van der Waals surface area contributed by atoms with E-state index in [2.05, 4.69) is 43.4 Å². The third kappa shape index (κ3) is 3.55. The zero-order chi connectivity index (χ0) is 14.8. The molecule has 1 aromatic carbocycles. The second kappa shape index (κ2) is 6.48. The molecule has 0 aliphatic rings. The Morgan fingerprint density at radius 1 is 1.40 bits per heavy atom. The Hall–Kier alpha value is -0.550. The molecule has 2 unspecified atom stereocenters. The fourth-order valence-corrected chi connectivity index (χ4v) is 4.40. The highest BCUT2D eigenvalue weighted by Crippen LogP contribution is 2.34. The van der Waals surface area contributed by atoms with Gasteiger partial charge in [-0.15, -0.1) is 11.3 Å². The van der Waals surface area contributed by atoms with E-state index in [1.165, 1.54) is 20.5 Å². The van der Waals surface area contributed by atoms with E-state index in [9.17, 15) is 5.11 Å². The fraction of sp³-hybridized carbons (Fsp3) is 0.500. The van der Waals surface area contributed by atoms with Crippen molar-refractivity contribution in [3.8, 4) is 0 Å². The van der Waals surface area contributed by atoms with Crippen LogP contribution in [0.25, 0.3) is 10.1 Å². The first kappa shape index (κ1) is 15.8. The van der Waals surface area contributed by atoms with E-state index in [0.717, 1.165) is 5.75 Å². The molecular formula is C16H23NOS2. The summed E-state index contributed by atoms with van der Waals surface area (Å²) >= 11 is 3.52. The van der Waals surface area contributed by atoms with Gasteiger partial charge in [0, 0.05) is 27.9 Å². The summed E-state index contributed by atoms with van der Waals surface area (Å²) in [5.74, 6) is 0.748. The van der Waals surface area contributed by atoms with Crippen molar-refractivity contribution in [1.29, 1.82) is 0 Å². The number of thioether (sulfide) groups is 1. The summed E-state index contributed by atoms with van der Waals surface area (Å²) in [5, 5.41) is 15.1. The second-order valence-electron chi connectivity index (χ2n) is 5.62. The smallest absolute Gasteiger partial charge is 0.0833 e. The van der Waals surface area contributed by atoms with E-state index in [-0.39, 0.29) is 6.04 Å². The van der Waals surface area contributed by atoms with Gasteiger partial charge >= 0.3 is 0 Å². The molecule has 4 heteroatoms. The van der Waals surface area contributed by atoms with Gasteiger partial charge in [-0.25, -0.2) is 0 Å². The minimum Gasteiger partial charge on any atom is -0.388 e. The van der Waals surface area contributed by atoms with Crippen molar-refractivity contribution in [2.45, 2.75) is 32.4 Å². The van der Waals surface area contributed by atoms with Crippen LogP contribution < -0.4 is 5.32 Å². The number of nitrogens with one attached hydrogen (secondary N) is 1. The largest absolute Gasteiger partial charge is 0.388 e. The lowest BCUT2D eigenvalue weighted by molar-refractivity contribution is 0.0822. The molecule has 110 valence electrons. The van der Waals surface area contributed by atoms with Crippen LogP contribution in [0.3, 0.4) is 0 Å². The molecule has 0 amide bonds. The van der Waals surface area contributed by atoms with Crippen LogP contribution in [-0.4, -0.2) is 29.3 Å². The average Bonchev–Trinajstić information content (AvgIpc) is 2.74. The lowest BCUT2D eigenvalue weighted by Crippen LogP contribution is -2.40. The molecule has 0 spiro atoms. The molecule has 20 heavy (non-hydrogen) atoms. The highest BCUT2D eigenvalue weighted by Gasteiger charge is 2.22. The molecule has 2 aromatic rings. The zero-order valence-electron chi connectivity index (χ0n) is 12.6. The number of rotatable bonds is 6. The minimum atomic E-state index is -0.655. The number of benzene rings is 1. The number of aliphatic hydroxyl groups is 1. The van der Waals surface area contributed by atoms with Gasteiger partial charge in [0.05, 0.1) is 5.60 Å². The fourth-order valence-electron chi connectivity index (χ4n) is 2.43. The Balaban J connectivity index is 2.11. The Bertz CT molecular complexity index is 577. The highest BCUT2D eigenvalue weighted by molar-refractivity contribution is 7.98. The van der Waals surface area contributed by atoms with E-state index in [4.69, 9.17) is 0 Å². The SMILES string of the molecule is CSCC(C)(O)CNC(C)c1sc2ccccc2c1C. The maximum atomic E-state index is 10.2. The molecule has 0 radical (unpaired) electrons. The van der Waals surface area contributed by atoms with Crippen molar-refractivity contribution >= 4 is 33.2 Å². The number of thiophene rings is 1. The lowest BCUT2D eigenvalue weighted by Gasteiger charge is -2.25. The van der Waals surface area contributed by atoms with Crippen molar-refractivity contribution in [3.05, 3.63) is 34.7 Å². The summed E-state index contributed by atoms with van der Waals surface area (Å²) in [6.07, 6.45) is 2.02. The van der Waals surface area contributed by atoms with Crippen LogP contribution in [0.5, 0.6) is 0 Å². The van der Waals surface area contributed by atoms with Gasteiger partial charge < -0.3 is 10.4 Å². The quantitative estimate of drug-likeness (QED) is 0.847. The van der Waals surface area contributed by atoms with Crippen molar-refractivity contribution in [2.24, 2.45) is 0 Å². The highest BCUT2D eigenvalue weighted by atomic mass is 32.2. The van der Waals surface area contributed by atoms with Crippen molar-refractivity contribution < 1.29 is 5.11 Å². The van der Waals surface area contributed by atoms with Crippen molar-refractivity contribution in [1.82, 2.24) is 5.32 Å². The summed E-state index contributed by atoms with van der Waals surface area (Å²) in [4.78, 5) is 1.37. The minimum absolute atomic E-state index is 0.265. The molecule has 0 saturated carbocycles. The van der Waals surface area contributed by atoms with Crippen LogP contribution in [-0.2, 0) is 0 Å². The topological polar surface area (TPSA) is 32.3 Å². The molecule has 1 aromatic heterocycles. The summed E-state index contributed by atoms with van der Waals surface area (Å²) in [5.41, 5.74) is 0.702. The van der Waals surface area contributed by atoms with Crippen LogP contribution in [0, 0.1) is 6.92 Å². The van der Waals surface area contributed by atoms with Gasteiger partial charge in [-0.2, -0.15) is 11.8 Å². The number of fused-ring (bicyclic) bond motifs is 1. The number of aryl methyl sites for hydroxylation is 1. The van der Waals surface area contributed by atoms with E-state index >= 15 is 0 Å². The Labute approximate surface area is 129 Å². The molecule has 0 aliphatic carbocycles. The van der Waals surface area contributed by atoms with Gasteiger partial charge in [-0.05, 0) is 44.0 Å². The van der Waals surface area contributed by atoms with Gasteiger partial charge in [0.15, 0.2) is 0 Å². The maximum absolute atomic E-state index is 10.2. The van der Waals surface area contributed by atoms with Gasteiger partial charge in [-0.3, -0.25) is 0 Å². The van der Waals surface area contributed by atoms with E-state index in [1.807, 2.05) is 24.5 Å². The van der Waals surface area contributed by atoms with Crippen LogP contribution in [0.15, 0.2) is 24.3 Å². The van der Waals surface area contributed by atoms with Crippen LogP contribution in [0.4, 0.5) is 0 Å². The molecule has 1 heterocycles. The predicted molar refractivity (Wildman–Crippen MR) is 92.0 cm³/mol. The number of hydrogen-bond acceptors (Lipinski definition) is 4. The molecule has 2 N–H and O–H groups in total. The summed E-state index contributed by atoms with van der Waals surface area (Å²) in [7, 11) is 0. The molecule has 0 saturated heterocycles. The standard InChI is InChI=1S/C16H23NOS2/c1-11-13-7-5-6-8-14(13)20-15(11)12(2)17-9-16(3,18)10-19-4/h5-8,12,17-18H,9-10H2,1-4H3. The lowest BCUT2D eigenvalue weighted by atomic mass is 10.1. The molecule has 0 aliphatic heterocycles. The van der Waals surface area contributed by atoms with Gasteiger partial charge in [0.25, 0.3) is 0 Å². The van der Waals surface area contributed by atoms with Gasteiger partial charge in [0.2, 0.25) is 0 Å². The first-order valence-electron chi connectivity index (χ1n) is 6.87. The van der Waals surface area contributed by atoms with Crippen LogP contribution in [0.1, 0.15) is 30.3 Å². The van der Waals surface area contributed by atoms with Crippen LogP contribution >= 0.6 is 23.1 Å². The normalized spacial score (nSPS) is 16.2. The molecule has 0 fully saturated rings. The first-order chi connectivity index (χ1) is 9.44. The van der Waals surface area contributed by atoms with E-state index in [0.29, 0.717) is 6.54 Å². The Morgan fingerprint density at radius 2 is 2.10 bits per heavy atom. The Kier molecular flexibility index (Phi) is 5.13. The van der Waals surface area contributed by atoms with Gasteiger partial charge in [-0.1, -0.05) is 18.2 Å². The van der Waals surface area contributed by atoms with E-state index in [1.54, 1.807) is 11.8 Å². The molecule has 2 rings (SSSR count). The molecule has 0 bridgehead atoms. The predicted octanol–water partition coefficient (Wildman–Crippen LogP) is 3.97. The molecular weight excluding hydrogens is 286 g/mol. The molecule has 2 nitrogen and oxygen atoms in total. The molecule has 2 atom stereocenters. The maximum Gasteiger partial charge on any atom is 0.0833 e. The second-order valence-corrected chi connectivity index (χ2v) is 7.57. The van der Waals surface area contributed by atoms with Gasteiger partial charge in [0.1, 0.15) is 0 Å². The monoisotopic (exact) mass is 309 g/mol. The van der Waals surface area contributed by atoms with Crippen LogP contribution in [0.2, 0.25) is 0 Å². The first-order valence-corrected chi connectivity index (χ1v) is 9.08.